The molecule has 0 spiro atoms. The molecule has 16 heavy (non-hydrogen) atoms. The lowest BCUT2D eigenvalue weighted by molar-refractivity contribution is -0.140. The average Bonchev–Trinajstić information content (AvgIpc) is 2.16. The van der Waals surface area contributed by atoms with E-state index in [0.717, 1.165) is 6.07 Å². The molecule has 0 aromatic heterocycles. The smallest absolute Gasteiger partial charge is 0.330 e. The lowest BCUT2D eigenvalue weighted by atomic mass is 10.0. The first-order chi connectivity index (χ1) is 7.38. The van der Waals surface area contributed by atoms with Crippen LogP contribution in [0.1, 0.15) is 23.6 Å². The van der Waals surface area contributed by atoms with Gasteiger partial charge in [0.1, 0.15) is 5.82 Å². The Kier molecular flexibility index (Phi) is 3.88. The fourth-order valence-electron chi connectivity index (χ4n) is 1.39. The van der Waals surface area contributed by atoms with Gasteiger partial charge in [0.2, 0.25) is 0 Å². The van der Waals surface area contributed by atoms with Crippen molar-refractivity contribution < 1.29 is 17.6 Å². The number of hydrogen-bond donors (Lipinski definition) is 2. The van der Waals surface area contributed by atoms with E-state index in [2.05, 4.69) is 0 Å². The maximum absolute atomic E-state index is 13.5. The minimum atomic E-state index is -4.71. The van der Waals surface area contributed by atoms with Crippen molar-refractivity contribution in [1.29, 1.82) is 0 Å². The molecule has 0 fully saturated rings. The normalized spacial score (nSPS) is 13.9. The summed E-state index contributed by atoms with van der Waals surface area (Å²) >= 11 is 0. The van der Waals surface area contributed by atoms with Crippen LogP contribution in [0.3, 0.4) is 0 Å². The van der Waals surface area contributed by atoms with Crippen LogP contribution in [0.25, 0.3) is 0 Å². The second kappa shape index (κ2) is 4.80. The van der Waals surface area contributed by atoms with Crippen molar-refractivity contribution in [3.05, 3.63) is 35.1 Å². The standard InChI is InChI=1S/C10H12F4N2/c11-9-6(8(16)4-5-15)2-1-3-7(9)10(12,13)14/h1-3,8H,4-5,15-16H2/t8-/m1/s1. The van der Waals surface area contributed by atoms with Gasteiger partial charge in [-0.3, -0.25) is 0 Å². The highest BCUT2D eigenvalue weighted by Crippen LogP contribution is 2.33. The third kappa shape index (κ3) is 2.70. The lowest BCUT2D eigenvalue weighted by Crippen LogP contribution is -2.19. The summed E-state index contributed by atoms with van der Waals surface area (Å²) in [6.45, 7) is 0.191. The molecule has 1 aromatic carbocycles. The van der Waals surface area contributed by atoms with Crippen LogP contribution in [0.4, 0.5) is 17.6 Å². The molecule has 0 aliphatic carbocycles. The van der Waals surface area contributed by atoms with Crippen LogP contribution < -0.4 is 11.5 Å². The van der Waals surface area contributed by atoms with Gasteiger partial charge in [-0.25, -0.2) is 4.39 Å². The van der Waals surface area contributed by atoms with Crippen LogP contribution in [-0.4, -0.2) is 6.54 Å². The first-order valence-electron chi connectivity index (χ1n) is 4.69. The molecule has 0 radical (unpaired) electrons. The summed E-state index contributed by atoms with van der Waals surface area (Å²) in [6, 6.07) is 2.25. The Bertz CT molecular complexity index is 362. The Balaban J connectivity index is 3.14. The topological polar surface area (TPSA) is 52.0 Å². The van der Waals surface area contributed by atoms with Crippen molar-refractivity contribution in [3.8, 4) is 0 Å². The van der Waals surface area contributed by atoms with Crippen molar-refractivity contribution in [2.75, 3.05) is 6.54 Å². The predicted molar refractivity (Wildman–Crippen MR) is 52.0 cm³/mol. The molecular formula is C10H12F4N2. The highest BCUT2D eigenvalue weighted by atomic mass is 19.4. The van der Waals surface area contributed by atoms with E-state index in [-0.39, 0.29) is 18.5 Å². The number of alkyl halides is 3. The molecule has 1 atom stereocenters. The summed E-state index contributed by atoms with van der Waals surface area (Å²) in [5.41, 5.74) is 9.30. The van der Waals surface area contributed by atoms with E-state index in [9.17, 15) is 17.6 Å². The van der Waals surface area contributed by atoms with Crippen molar-refractivity contribution >= 4 is 0 Å². The Labute approximate surface area is 90.2 Å². The summed E-state index contributed by atoms with van der Waals surface area (Å²) < 4.78 is 50.6. The van der Waals surface area contributed by atoms with Gasteiger partial charge in [-0.05, 0) is 19.0 Å². The second-order valence-corrected chi connectivity index (χ2v) is 3.39. The van der Waals surface area contributed by atoms with E-state index in [1.165, 1.54) is 6.07 Å². The average molecular weight is 236 g/mol. The van der Waals surface area contributed by atoms with Gasteiger partial charge in [0.15, 0.2) is 0 Å². The van der Waals surface area contributed by atoms with Crippen LogP contribution in [-0.2, 0) is 6.18 Å². The minimum Gasteiger partial charge on any atom is -0.330 e. The van der Waals surface area contributed by atoms with Gasteiger partial charge >= 0.3 is 6.18 Å². The number of hydrogen-bond acceptors (Lipinski definition) is 2. The van der Waals surface area contributed by atoms with E-state index in [1.54, 1.807) is 0 Å². The van der Waals surface area contributed by atoms with Gasteiger partial charge in [-0.15, -0.1) is 0 Å². The van der Waals surface area contributed by atoms with Gasteiger partial charge in [0.25, 0.3) is 0 Å². The quantitative estimate of drug-likeness (QED) is 0.790. The Morgan fingerprint density at radius 1 is 1.25 bits per heavy atom. The van der Waals surface area contributed by atoms with Gasteiger partial charge < -0.3 is 11.5 Å². The van der Waals surface area contributed by atoms with Crippen LogP contribution in [0, 0.1) is 5.82 Å². The molecule has 0 amide bonds. The number of halogens is 4. The monoisotopic (exact) mass is 236 g/mol. The number of nitrogens with two attached hydrogens (primary N) is 2. The molecule has 4 N–H and O–H groups in total. The summed E-state index contributed by atoms with van der Waals surface area (Å²) in [5, 5.41) is 0. The van der Waals surface area contributed by atoms with E-state index < -0.39 is 23.6 Å². The molecule has 0 heterocycles. The van der Waals surface area contributed by atoms with E-state index in [1.807, 2.05) is 0 Å². The summed E-state index contributed by atoms with van der Waals surface area (Å²) in [5.74, 6) is -1.31. The highest BCUT2D eigenvalue weighted by Gasteiger charge is 2.35. The van der Waals surface area contributed by atoms with Crippen molar-refractivity contribution in [1.82, 2.24) is 0 Å². The molecule has 0 aliphatic heterocycles. The van der Waals surface area contributed by atoms with Gasteiger partial charge in [0.05, 0.1) is 5.56 Å². The molecule has 0 saturated carbocycles. The van der Waals surface area contributed by atoms with E-state index in [0.29, 0.717) is 6.07 Å². The third-order valence-electron chi connectivity index (χ3n) is 2.21. The zero-order valence-electron chi connectivity index (χ0n) is 8.39. The Morgan fingerprint density at radius 3 is 2.38 bits per heavy atom. The summed E-state index contributed by atoms with van der Waals surface area (Å²) in [6.07, 6.45) is -4.47. The predicted octanol–water partition coefficient (Wildman–Crippen LogP) is 2.19. The zero-order chi connectivity index (χ0) is 12.3. The molecule has 6 heteroatoms. The van der Waals surface area contributed by atoms with Crippen LogP contribution >= 0.6 is 0 Å². The van der Waals surface area contributed by atoms with Crippen molar-refractivity contribution in [2.24, 2.45) is 11.5 Å². The van der Waals surface area contributed by atoms with E-state index >= 15 is 0 Å². The third-order valence-corrected chi connectivity index (χ3v) is 2.21. The molecular weight excluding hydrogens is 224 g/mol. The molecule has 0 aliphatic rings. The molecule has 0 bridgehead atoms. The maximum atomic E-state index is 13.5. The maximum Gasteiger partial charge on any atom is 0.419 e. The van der Waals surface area contributed by atoms with Crippen LogP contribution in [0.2, 0.25) is 0 Å². The molecule has 2 nitrogen and oxygen atoms in total. The Hall–Kier alpha value is -1.14. The Morgan fingerprint density at radius 2 is 1.88 bits per heavy atom. The molecule has 1 aromatic rings. The lowest BCUT2D eigenvalue weighted by Gasteiger charge is -2.15. The SMILES string of the molecule is NCC[C@@H](N)c1cccc(C(F)(F)F)c1F. The van der Waals surface area contributed by atoms with Crippen LogP contribution in [0.15, 0.2) is 18.2 Å². The van der Waals surface area contributed by atoms with Gasteiger partial charge in [-0.1, -0.05) is 12.1 Å². The van der Waals surface area contributed by atoms with Crippen molar-refractivity contribution in [3.63, 3.8) is 0 Å². The molecule has 0 unspecified atom stereocenters. The summed E-state index contributed by atoms with van der Waals surface area (Å²) in [7, 11) is 0. The second-order valence-electron chi connectivity index (χ2n) is 3.39. The number of benzene rings is 1. The highest BCUT2D eigenvalue weighted by molar-refractivity contribution is 5.30. The fourth-order valence-corrected chi connectivity index (χ4v) is 1.39. The van der Waals surface area contributed by atoms with Gasteiger partial charge in [0, 0.05) is 11.6 Å². The first kappa shape index (κ1) is 12.9. The summed E-state index contributed by atoms with van der Waals surface area (Å²) in [4.78, 5) is 0. The fraction of sp³-hybridized carbons (Fsp3) is 0.400. The minimum absolute atomic E-state index is 0.153. The largest absolute Gasteiger partial charge is 0.419 e. The van der Waals surface area contributed by atoms with E-state index in [4.69, 9.17) is 11.5 Å². The molecule has 1 rings (SSSR count). The zero-order valence-corrected chi connectivity index (χ0v) is 8.39. The molecule has 0 saturated heterocycles. The first-order valence-corrected chi connectivity index (χ1v) is 4.69. The van der Waals surface area contributed by atoms with Crippen molar-refractivity contribution in [2.45, 2.75) is 18.6 Å². The van der Waals surface area contributed by atoms with Gasteiger partial charge in [-0.2, -0.15) is 13.2 Å². The molecule has 90 valence electrons. The number of rotatable bonds is 3. The van der Waals surface area contributed by atoms with Crippen LogP contribution in [0.5, 0.6) is 0 Å².